The quantitative estimate of drug-likeness (QED) is 0.298. The Balaban J connectivity index is 0. The van der Waals surface area contributed by atoms with Crippen LogP contribution in [0, 0.1) is 11.8 Å². The van der Waals surface area contributed by atoms with E-state index in [-0.39, 0.29) is 6.29 Å². The lowest BCUT2D eigenvalue weighted by molar-refractivity contribution is -0.136. The highest BCUT2D eigenvalue weighted by molar-refractivity contribution is 5.56. The number of nitriles is 1. The predicted molar refractivity (Wildman–Crippen MR) is 43.8 cm³/mol. The monoisotopic (exact) mass is 207 g/mol. The first-order valence-corrected chi connectivity index (χ1v) is 3.58. The lowest BCUT2D eigenvalue weighted by Gasteiger charge is -2.22. The van der Waals surface area contributed by atoms with Crippen LogP contribution in [0.4, 0.5) is 0 Å². The third kappa shape index (κ3) is 4.86. The Morgan fingerprint density at radius 2 is 1.57 bits per heavy atom. The van der Waals surface area contributed by atoms with E-state index in [1.165, 1.54) is 0 Å². The van der Waals surface area contributed by atoms with Gasteiger partial charge in [-0.25, -0.2) is 5.26 Å². The number of aliphatic hydroxyl groups is 5. The van der Waals surface area contributed by atoms with Crippen LogP contribution in [0.2, 0.25) is 0 Å². The fourth-order valence-corrected chi connectivity index (χ4v) is 0.618. The molecule has 0 aliphatic carbocycles. The molecule has 0 bridgehead atoms. The minimum atomic E-state index is -1.79. The third-order valence-electron chi connectivity index (χ3n) is 1.42. The molecule has 0 heterocycles. The Bertz CT molecular complexity index is 173. The van der Waals surface area contributed by atoms with Crippen LogP contribution in [0.3, 0.4) is 0 Å². The highest BCUT2D eigenvalue weighted by Gasteiger charge is 2.29. The van der Waals surface area contributed by atoms with E-state index in [0.717, 1.165) is 0 Å². The van der Waals surface area contributed by atoms with Gasteiger partial charge in [-0.05, 0) is 0 Å². The molecule has 5 N–H and O–H groups in total. The van der Waals surface area contributed by atoms with Gasteiger partial charge in [0.05, 0.1) is 6.61 Å². The Morgan fingerprint density at radius 1 is 1.14 bits per heavy atom. The molecule has 0 saturated carbocycles. The van der Waals surface area contributed by atoms with Crippen molar-refractivity contribution >= 4 is 6.29 Å². The van der Waals surface area contributed by atoms with E-state index < -0.39 is 31.0 Å². The molecule has 0 aliphatic rings. The summed E-state index contributed by atoms with van der Waals surface area (Å²) in [6, 6.07) is 0. The van der Waals surface area contributed by atoms with Crippen molar-refractivity contribution in [1.82, 2.24) is 0 Å². The first-order chi connectivity index (χ1) is 6.54. The third-order valence-corrected chi connectivity index (χ3v) is 1.42. The maximum Gasteiger partial charge on any atom is 0.151 e. The molecule has 0 aliphatic heterocycles. The molecule has 7 nitrogen and oxygen atoms in total. The number of hydrogen-bond acceptors (Lipinski definition) is 7. The Morgan fingerprint density at radius 3 is 1.86 bits per heavy atom. The average molecular weight is 207 g/mol. The number of nitrogens with zero attached hydrogens (tertiary/aromatic N) is 1. The minimum Gasteiger partial charge on any atom is -0.394 e. The van der Waals surface area contributed by atoms with Gasteiger partial charge in [0.25, 0.3) is 0 Å². The van der Waals surface area contributed by atoms with Gasteiger partial charge in [0.2, 0.25) is 0 Å². The summed E-state index contributed by atoms with van der Waals surface area (Å²) in [6.45, 7) is 2.74. The second-order valence-electron chi connectivity index (χ2n) is 2.36. The topological polar surface area (TPSA) is 142 Å². The molecule has 4 unspecified atom stereocenters. The molecule has 0 fully saturated rings. The Kier molecular flexibility index (Phi) is 9.43. The summed E-state index contributed by atoms with van der Waals surface area (Å²) < 4.78 is 0. The van der Waals surface area contributed by atoms with Crippen molar-refractivity contribution in [3.8, 4) is 6.57 Å². The number of hydrogen-bond donors (Lipinski definition) is 5. The van der Waals surface area contributed by atoms with E-state index in [1.54, 1.807) is 0 Å². The summed E-state index contributed by atoms with van der Waals surface area (Å²) >= 11 is 0. The first-order valence-electron chi connectivity index (χ1n) is 3.58. The summed E-state index contributed by atoms with van der Waals surface area (Å²) in [7, 11) is 0. The second-order valence-corrected chi connectivity index (χ2v) is 2.36. The number of rotatable bonds is 5. The van der Waals surface area contributed by atoms with Crippen molar-refractivity contribution in [2.24, 2.45) is 0 Å². The zero-order valence-electron chi connectivity index (χ0n) is 7.26. The SMILES string of the molecule is C#N.O=CC(O)C(O)C(O)C(O)CO. The molecule has 14 heavy (non-hydrogen) atoms. The van der Waals surface area contributed by atoms with Crippen molar-refractivity contribution < 1.29 is 30.3 Å². The minimum absolute atomic E-state index is 0.0258. The molecule has 0 aromatic carbocycles. The smallest absolute Gasteiger partial charge is 0.151 e. The van der Waals surface area contributed by atoms with Gasteiger partial charge in [-0.15, -0.1) is 0 Å². The summed E-state index contributed by atoms with van der Waals surface area (Å²) in [5.74, 6) is 0. The maximum atomic E-state index is 9.90. The van der Waals surface area contributed by atoms with E-state index in [0.29, 0.717) is 0 Å². The van der Waals surface area contributed by atoms with Gasteiger partial charge in [0.1, 0.15) is 24.4 Å². The normalized spacial score (nSPS) is 18.2. The lowest BCUT2D eigenvalue weighted by Crippen LogP contribution is -2.46. The molecule has 0 aromatic rings. The molecule has 0 amide bonds. The lowest BCUT2D eigenvalue weighted by atomic mass is 10.0. The molecular weight excluding hydrogens is 194 g/mol. The van der Waals surface area contributed by atoms with Crippen LogP contribution >= 0.6 is 0 Å². The van der Waals surface area contributed by atoms with Gasteiger partial charge in [-0.3, -0.25) is 0 Å². The van der Waals surface area contributed by atoms with Crippen LogP contribution in [0.1, 0.15) is 0 Å². The summed E-state index contributed by atoms with van der Waals surface area (Å²) in [5, 5.41) is 50.0. The standard InChI is InChI=1S/C6H12O6.CHN/c7-1-3(9)5(11)6(12)4(10)2-8;1-2/h1,3-6,8-12H,2H2;1H. The van der Waals surface area contributed by atoms with Crippen LogP contribution in [-0.4, -0.2) is 62.8 Å². The average Bonchev–Trinajstić information content (AvgIpc) is 2.27. The fraction of sp³-hybridized carbons (Fsp3) is 0.714. The van der Waals surface area contributed by atoms with Crippen molar-refractivity contribution in [3.05, 3.63) is 0 Å². The van der Waals surface area contributed by atoms with Gasteiger partial charge < -0.3 is 30.3 Å². The Labute approximate surface area is 80.5 Å². The largest absolute Gasteiger partial charge is 0.394 e. The van der Waals surface area contributed by atoms with Crippen molar-refractivity contribution in [1.29, 1.82) is 5.26 Å². The number of carbonyl (C=O) groups excluding carboxylic acids is 1. The van der Waals surface area contributed by atoms with Crippen LogP contribution in [0.15, 0.2) is 0 Å². The van der Waals surface area contributed by atoms with E-state index in [1.807, 2.05) is 0 Å². The van der Waals surface area contributed by atoms with Gasteiger partial charge in [-0.2, -0.15) is 0 Å². The van der Waals surface area contributed by atoms with Gasteiger partial charge >= 0.3 is 0 Å². The molecule has 0 saturated heterocycles. The summed E-state index contributed by atoms with van der Waals surface area (Å²) in [4.78, 5) is 9.90. The highest BCUT2D eigenvalue weighted by atomic mass is 16.4. The van der Waals surface area contributed by atoms with E-state index in [2.05, 4.69) is 6.57 Å². The highest BCUT2D eigenvalue weighted by Crippen LogP contribution is 2.02. The summed E-state index contributed by atoms with van der Waals surface area (Å²) in [5.41, 5.74) is 0. The molecule has 4 atom stereocenters. The number of aliphatic hydroxyl groups excluding tert-OH is 5. The van der Waals surface area contributed by atoms with Crippen LogP contribution in [0.25, 0.3) is 0 Å². The second kappa shape index (κ2) is 8.55. The molecular formula is C7H13NO6. The van der Waals surface area contributed by atoms with Crippen LogP contribution < -0.4 is 0 Å². The van der Waals surface area contributed by atoms with Gasteiger partial charge in [0, 0.05) is 6.57 Å². The Hall–Kier alpha value is -1.04. The fourth-order valence-electron chi connectivity index (χ4n) is 0.618. The van der Waals surface area contributed by atoms with Gasteiger partial charge in [0.15, 0.2) is 6.29 Å². The molecule has 0 spiro atoms. The maximum absolute atomic E-state index is 9.90. The molecule has 82 valence electrons. The molecule has 0 aromatic heterocycles. The molecule has 7 heteroatoms. The zero-order valence-corrected chi connectivity index (χ0v) is 7.26. The summed E-state index contributed by atoms with van der Waals surface area (Å²) in [6.07, 6.45) is -6.84. The van der Waals surface area contributed by atoms with Crippen molar-refractivity contribution in [2.45, 2.75) is 24.4 Å². The van der Waals surface area contributed by atoms with Crippen molar-refractivity contribution in [2.75, 3.05) is 6.61 Å². The van der Waals surface area contributed by atoms with Gasteiger partial charge in [-0.1, -0.05) is 0 Å². The van der Waals surface area contributed by atoms with E-state index in [4.69, 9.17) is 30.8 Å². The zero-order chi connectivity index (χ0) is 11.7. The van der Waals surface area contributed by atoms with E-state index >= 15 is 0 Å². The molecule has 0 rings (SSSR count). The first kappa shape index (κ1) is 15.4. The van der Waals surface area contributed by atoms with Crippen LogP contribution in [0.5, 0.6) is 0 Å². The predicted octanol–water partition coefficient (Wildman–Crippen LogP) is -3.24. The number of carbonyl (C=O) groups is 1. The van der Waals surface area contributed by atoms with Crippen LogP contribution in [-0.2, 0) is 4.79 Å². The van der Waals surface area contributed by atoms with Crippen molar-refractivity contribution in [3.63, 3.8) is 0 Å². The molecule has 0 radical (unpaired) electrons. The van der Waals surface area contributed by atoms with E-state index in [9.17, 15) is 4.79 Å². The number of aldehydes is 1.